The van der Waals surface area contributed by atoms with Gasteiger partial charge in [0.2, 0.25) is 0 Å². The first-order valence-electron chi connectivity index (χ1n) is 12.7. The molecule has 0 radical (unpaired) electrons. The molecule has 0 saturated carbocycles. The zero-order valence-electron chi connectivity index (χ0n) is 23.2. The van der Waals surface area contributed by atoms with Crippen LogP contribution < -0.4 is 9.64 Å². The molecule has 0 saturated heterocycles. The van der Waals surface area contributed by atoms with Crippen molar-refractivity contribution in [1.29, 1.82) is 0 Å². The topological polar surface area (TPSA) is 122 Å². The molecule has 0 aliphatic rings. The van der Waals surface area contributed by atoms with Gasteiger partial charge in [0.25, 0.3) is 5.69 Å². The number of carbonyl (C=O) groups is 1. The molecule has 0 aliphatic heterocycles. The van der Waals surface area contributed by atoms with Crippen LogP contribution in [0.5, 0.6) is 5.75 Å². The van der Waals surface area contributed by atoms with Crippen molar-refractivity contribution in [3.05, 3.63) is 75.8 Å². The monoisotopic (exact) mass is 530 g/mol. The first-order valence-corrected chi connectivity index (χ1v) is 12.7. The number of anilines is 1. The molecule has 10 heteroatoms. The number of azo groups is 2. The number of benzene rings is 3. The summed E-state index contributed by atoms with van der Waals surface area (Å²) in [5, 5.41) is 28.4. The van der Waals surface area contributed by atoms with Gasteiger partial charge in [0.1, 0.15) is 17.2 Å². The summed E-state index contributed by atoms with van der Waals surface area (Å²) in [6.45, 7) is 8.27. The van der Waals surface area contributed by atoms with Crippen LogP contribution in [0, 0.1) is 29.9 Å². The van der Waals surface area contributed by atoms with Crippen molar-refractivity contribution >= 4 is 39.9 Å². The summed E-state index contributed by atoms with van der Waals surface area (Å²) >= 11 is 0. The first kappa shape index (κ1) is 29.1. The van der Waals surface area contributed by atoms with Crippen molar-refractivity contribution < 1.29 is 14.5 Å². The number of hydrogen-bond acceptors (Lipinski definition) is 9. The van der Waals surface area contributed by atoms with Crippen molar-refractivity contribution in [1.82, 2.24) is 0 Å². The van der Waals surface area contributed by atoms with Gasteiger partial charge in [0.05, 0.1) is 23.4 Å². The van der Waals surface area contributed by atoms with Crippen molar-refractivity contribution in [2.24, 2.45) is 26.4 Å². The molecule has 3 aromatic rings. The Bertz CT molecular complexity index is 1380. The van der Waals surface area contributed by atoms with E-state index in [1.54, 1.807) is 31.2 Å². The molecule has 3 aromatic carbocycles. The molecule has 0 bridgehead atoms. The van der Waals surface area contributed by atoms with Gasteiger partial charge in [-0.25, -0.2) is 0 Å². The second-order valence-corrected chi connectivity index (χ2v) is 9.62. The van der Waals surface area contributed by atoms with Crippen molar-refractivity contribution in [2.45, 2.75) is 40.5 Å². The van der Waals surface area contributed by atoms with Gasteiger partial charge in [-0.15, -0.1) is 15.3 Å². The van der Waals surface area contributed by atoms with Crippen LogP contribution in [0.1, 0.15) is 37.8 Å². The maximum Gasteiger partial charge on any atom is 0.296 e. The van der Waals surface area contributed by atoms with E-state index in [0.29, 0.717) is 29.2 Å². The molecule has 0 aliphatic carbocycles. The Morgan fingerprint density at radius 2 is 1.62 bits per heavy atom. The molecule has 3 rings (SSSR count). The fourth-order valence-electron chi connectivity index (χ4n) is 3.78. The fraction of sp³-hybridized carbons (Fsp3) is 0.345. The molecule has 10 nitrogen and oxygen atoms in total. The highest BCUT2D eigenvalue weighted by Gasteiger charge is 2.14. The molecule has 0 N–H and O–H groups in total. The Morgan fingerprint density at radius 3 is 2.26 bits per heavy atom. The van der Waals surface area contributed by atoms with E-state index in [2.05, 4.69) is 25.4 Å². The number of ketones is 1. The maximum atomic E-state index is 11.8. The average Bonchev–Trinajstić information content (AvgIpc) is 2.91. The minimum atomic E-state index is -0.473. The first-order chi connectivity index (χ1) is 18.6. The molecule has 39 heavy (non-hydrogen) atoms. The summed E-state index contributed by atoms with van der Waals surface area (Å²) in [5.74, 6) is 0.811. The molecular formula is C29H34N6O4. The summed E-state index contributed by atoms with van der Waals surface area (Å²) in [6, 6.07) is 15.9. The predicted molar refractivity (Wildman–Crippen MR) is 153 cm³/mol. The van der Waals surface area contributed by atoms with Gasteiger partial charge in [-0.2, -0.15) is 5.11 Å². The molecule has 0 heterocycles. The second-order valence-electron chi connectivity index (χ2n) is 9.62. The standard InChI is InChI=1S/C29H34N6O4/c1-19(2)28(36)8-7-15-34(5)23-12-10-22(11-13-23)30-33-26-17-21(4)25(18-29(26)39-6)32-31-24-14-9-20(3)16-27(24)35(37)38/h9-14,16-19H,7-8,15H2,1-6H3/b32-31+,33-30+. The SMILES string of the molecule is COc1cc(/N=N/c2ccc(C)cc2[N+](=O)[O-])c(C)cc1/N=N/c1ccc(N(C)CCCC(=O)C(C)C)cc1. The van der Waals surface area contributed by atoms with E-state index in [4.69, 9.17) is 4.74 Å². The number of Topliss-reactive ketones (excluding diaryl/α,β-unsaturated/α-hetero) is 1. The third kappa shape index (κ3) is 8.00. The zero-order chi connectivity index (χ0) is 28.5. The Morgan fingerprint density at radius 1 is 0.949 bits per heavy atom. The number of carbonyl (C=O) groups excluding carboxylic acids is 1. The van der Waals surface area contributed by atoms with E-state index in [0.717, 1.165) is 29.8 Å². The van der Waals surface area contributed by atoms with Crippen LogP contribution in [0.2, 0.25) is 0 Å². The van der Waals surface area contributed by atoms with Crippen molar-refractivity contribution in [2.75, 3.05) is 25.6 Å². The number of methoxy groups -OCH3 is 1. The van der Waals surface area contributed by atoms with Crippen molar-refractivity contribution in [3.8, 4) is 5.75 Å². The van der Waals surface area contributed by atoms with Crippen LogP contribution >= 0.6 is 0 Å². The van der Waals surface area contributed by atoms with Crippen LogP contribution in [0.25, 0.3) is 0 Å². The van der Waals surface area contributed by atoms with E-state index in [1.807, 2.05) is 52.1 Å². The van der Waals surface area contributed by atoms with Gasteiger partial charge in [-0.3, -0.25) is 14.9 Å². The van der Waals surface area contributed by atoms with E-state index < -0.39 is 4.92 Å². The van der Waals surface area contributed by atoms with E-state index in [1.165, 1.54) is 13.2 Å². The summed E-state index contributed by atoms with van der Waals surface area (Å²) in [7, 11) is 3.52. The molecule has 0 amide bonds. The fourth-order valence-corrected chi connectivity index (χ4v) is 3.78. The Kier molecular flexibility index (Phi) is 9.97. The normalized spacial score (nSPS) is 11.5. The molecule has 0 fully saturated rings. The van der Waals surface area contributed by atoms with Gasteiger partial charge in [-0.05, 0) is 67.8 Å². The number of nitrogens with zero attached hydrogens (tertiary/aromatic N) is 6. The summed E-state index contributed by atoms with van der Waals surface area (Å²) in [4.78, 5) is 24.8. The number of ether oxygens (including phenoxy) is 1. The lowest BCUT2D eigenvalue weighted by Crippen LogP contribution is -2.19. The zero-order valence-corrected chi connectivity index (χ0v) is 23.2. The molecule has 0 atom stereocenters. The summed E-state index contributed by atoms with van der Waals surface area (Å²) in [6.07, 6.45) is 1.40. The third-order valence-electron chi connectivity index (χ3n) is 6.21. The van der Waals surface area contributed by atoms with E-state index in [-0.39, 0.29) is 23.1 Å². The highest BCUT2D eigenvalue weighted by atomic mass is 16.6. The third-order valence-corrected chi connectivity index (χ3v) is 6.21. The Labute approximate surface area is 228 Å². The van der Waals surface area contributed by atoms with Crippen LogP contribution in [0.3, 0.4) is 0 Å². The summed E-state index contributed by atoms with van der Waals surface area (Å²) < 4.78 is 5.48. The Balaban J connectivity index is 1.72. The second kappa shape index (κ2) is 13.4. The average molecular weight is 531 g/mol. The highest BCUT2D eigenvalue weighted by molar-refractivity contribution is 5.80. The van der Waals surface area contributed by atoms with Gasteiger partial charge in [0.15, 0.2) is 5.69 Å². The van der Waals surface area contributed by atoms with Crippen molar-refractivity contribution in [3.63, 3.8) is 0 Å². The number of rotatable bonds is 12. The smallest absolute Gasteiger partial charge is 0.296 e. The van der Waals surface area contributed by atoms with Crippen LogP contribution in [0.4, 0.5) is 34.1 Å². The lowest BCUT2D eigenvalue weighted by atomic mass is 10.0. The van der Waals surface area contributed by atoms with Crippen LogP contribution in [-0.2, 0) is 4.79 Å². The molecular weight excluding hydrogens is 496 g/mol. The number of nitro groups is 1. The quantitative estimate of drug-likeness (QED) is 0.132. The lowest BCUT2D eigenvalue weighted by molar-refractivity contribution is -0.384. The molecule has 0 spiro atoms. The molecule has 0 aromatic heterocycles. The number of aryl methyl sites for hydroxylation is 2. The molecule has 204 valence electrons. The molecule has 0 unspecified atom stereocenters. The minimum Gasteiger partial charge on any atom is -0.494 e. The summed E-state index contributed by atoms with van der Waals surface area (Å²) in [5.41, 5.74) is 4.33. The highest BCUT2D eigenvalue weighted by Crippen LogP contribution is 2.37. The van der Waals surface area contributed by atoms with E-state index >= 15 is 0 Å². The predicted octanol–water partition coefficient (Wildman–Crippen LogP) is 8.49. The van der Waals surface area contributed by atoms with Gasteiger partial charge >= 0.3 is 0 Å². The maximum absolute atomic E-state index is 11.8. The number of nitro benzene ring substituents is 1. The van der Waals surface area contributed by atoms with E-state index in [9.17, 15) is 14.9 Å². The lowest BCUT2D eigenvalue weighted by Gasteiger charge is -2.19. The van der Waals surface area contributed by atoms with Crippen LogP contribution in [0.15, 0.2) is 75.1 Å². The van der Waals surface area contributed by atoms with Crippen LogP contribution in [-0.4, -0.2) is 31.4 Å². The largest absolute Gasteiger partial charge is 0.494 e. The number of hydrogen-bond donors (Lipinski definition) is 0. The Hall–Kier alpha value is -4.47. The van der Waals surface area contributed by atoms with Gasteiger partial charge < -0.3 is 9.64 Å². The van der Waals surface area contributed by atoms with Gasteiger partial charge in [-0.1, -0.05) is 19.9 Å². The minimum absolute atomic E-state index is 0.0746. The van der Waals surface area contributed by atoms with Gasteiger partial charge in [0, 0.05) is 43.8 Å².